The van der Waals surface area contributed by atoms with Gasteiger partial charge in [-0.25, -0.2) is 0 Å². The summed E-state index contributed by atoms with van der Waals surface area (Å²) in [5, 5.41) is 6.52. The molecule has 5 nitrogen and oxygen atoms in total. The number of nitrogens with zero attached hydrogens (tertiary/aromatic N) is 2. The molecule has 2 rings (SSSR count). The number of nitrogens with one attached hydrogen (secondary N) is 1. The van der Waals surface area contributed by atoms with Gasteiger partial charge in [0, 0.05) is 26.8 Å². The number of hydrogen-bond acceptors (Lipinski definition) is 3. The maximum absolute atomic E-state index is 11.8. The number of hydrogen-bond donors (Lipinski definition) is 1. The number of terminal acetylenes is 1. The van der Waals surface area contributed by atoms with Crippen molar-refractivity contribution in [1.82, 2.24) is 15.1 Å². The Bertz CT molecular complexity index is 586. The molecule has 1 atom stereocenters. The van der Waals surface area contributed by atoms with E-state index in [4.69, 9.17) is 0 Å². The van der Waals surface area contributed by atoms with E-state index in [0.717, 1.165) is 17.7 Å². The Morgan fingerprint density at radius 1 is 1.46 bits per heavy atom. The first kappa shape index (κ1) is 24.6. The average molecular weight is 503 g/mol. The quantitative estimate of drug-likeness (QED) is 0.393. The SMILES string of the molecule is C#CC.C/C=C\c1c(CC)[c-]nn1C1CCC(=O)NC1=O.CC.[Re]. The van der Waals surface area contributed by atoms with E-state index in [-0.39, 0.29) is 32.2 Å². The van der Waals surface area contributed by atoms with E-state index >= 15 is 0 Å². The van der Waals surface area contributed by atoms with Crippen molar-refractivity contribution in [3.8, 4) is 12.3 Å². The molecule has 0 saturated carbocycles. The van der Waals surface area contributed by atoms with Gasteiger partial charge in [0.2, 0.25) is 11.8 Å². The Hall–Kier alpha value is -1.69. The molecule has 1 aromatic rings. The molecule has 1 unspecified atom stereocenters. The van der Waals surface area contributed by atoms with E-state index in [9.17, 15) is 9.59 Å². The molecule has 1 aliphatic heterocycles. The van der Waals surface area contributed by atoms with Gasteiger partial charge in [0.05, 0.1) is 0 Å². The summed E-state index contributed by atoms with van der Waals surface area (Å²) in [7, 11) is 0. The van der Waals surface area contributed by atoms with Crippen LogP contribution in [0.3, 0.4) is 0 Å². The molecule has 0 aliphatic carbocycles. The van der Waals surface area contributed by atoms with Crippen molar-refractivity contribution in [3.05, 3.63) is 23.5 Å². The van der Waals surface area contributed by atoms with Gasteiger partial charge in [-0.3, -0.25) is 14.9 Å². The molecule has 2 amide bonds. The number of imide groups is 1. The minimum absolute atomic E-state index is 0. The maximum atomic E-state index is 11.8. The summed E-state index contributed by atoms with van der Waals surface area (Å²) in [5.41, 5.74) is 1.88. The Morgan fingerprint density at radius 3 is 2.50 bits per heavy atom. The standard InChI is InChI=1S/C13H16N3O2.C3H4.C2H6.Re/c1-3-5-10-9(4-2)8-14-16(10)11-6-7-12(17)15-13(11)18;1-3-2;1-2;/h3,5,11H,4,6-7H2,1-2H3,(H,15,17,18);1H,2H3;1-2H3;/q-1;;;/b5-3-;;;. The number of carbonyl (C=O) groups excluding carboxylic acids is 2. The van der Waals surface area contributed by atoms with Gasteiger partial charge in [-0.2, -0.15) is 5.56 Å². The number of amides is 2. The number of allylic oxidation sites excluding steroid dienone is 1. The van der Waals surface area contributed by atoms with Gasteiger partial charge in [-0.1, -0.05) is 32.9 Å². The Balaban J connectivity index is 0. The van der Waals surface area contributed by atoms with Gasteiger partial charge < -0.3 is 9.78 Å². The molecule has 1 saturated heterocycles. The van der Waals surface area contributed by atoms with E-state index in [1.165, 1.54) is 0 Å². The summed E-state index contributed by atoms with van der Waals surface area (Å²) in [6.45, 7) is 9.59. The zero-order valence-corrected chi connectivity index (χ0v) is 17.7. The second-order valence-electron chi connectivity index (χ2n) is 4.53. The summed E-state index contributed by atoms with van der Waals surface area (Å²) in [6.07, 6.45) is 13.0. The molecule has 0 bridgehead atoms. The molecule has 1 radical (unpaired) electrons. The van der Waals surface area contributed by atoms with Crippen LogP contribution in [0.4, 0.5) is 0 Å². The third kappa shape index (κ3) is 6.83. The zero-order chi connectivity index (χ0) is 17.8. The summed E-state index contributed by atoms with van der Waals surface area (Å²) in [5.74, 6) is 1.76. The van der Waals surface area contributed by atoms with Crippen LogP contribution in [0, 0.1) is 18.5 Å². The van der Waals surface area contributed by atoms with E-state index in [1.54, 1.807) is 11.6 Å². The van der Waals surface area contributed by atoms with Crippen molar-refractivity contribution in [2.75, 3.05) is 0 Å². The molecule has 1 fully saturated rings. The first-order valence-corrected chi connectivity index (χ1v) is 7.91. The van der Waals surface area contributed by atoms with Crippen molar-refractivity contribution in [3.63, 3.8) is 0 Å². The van der Waals surface area contributed by atoms with Crippen molar-refractivity contribution >= 4 is 17.9 Å². The maximum Gasteiger partial charge on any atom is 0.249 e. The monoisotopic (exact) mass is 503 g/mol. The average Bonchev–Trinajstić information content (AvgIpc) is 2.93. The van der Waals surface area contributed by atoms with Gasteiger partial charge in [0.15, 0.2) is 0 Å². The molecule has 133 valence electrons. The minimum Gasteiger partial charge on any atom is -0.349 e. The van der Waals surface area contributed by atoms with Crippen molar-refractivity contribution in [1.29, 1.82) is 0 Å². The number of piperidine rings is 1. The summed E-state index contributed by atoms with van der Waals surface area (Å²) >= 11 is 0. The zero-order valence-electron chi connectivity index (χ0n) is 15.0. The van der Waals surface area contributed by atoms with E-state index in [0.29, 0.717) is 12.8 Å². The fourth-order valence-electron chi connectivity index (χ4n) is 2.11. The third-order valence-electron chi connectivity index (χ3n) is 3.03. The van der Waals surface area contributed by atoms with Gasteiger partial charge in [-0.15, -0.1) is 30.7 Å². The second kappa shape index (κ2) is 13.7. The predicted octanol–water partition coefficient (Wildman–Crippen LogP) is 2.92. The fraction of sp³-hybridized carbons (Fsp3) is 0.500. The summed E-state index contributed by atoms with van der Waals surface area (Å²) in [4.78, 5) is 23.0. The molecule has 24 heavy (non-hydrogen) atoms. The Labute approximate surface area is 158 Å². The number of carbonyl (C=O) groups is 2. The van der Waals surface area contributed by atoms with Gasteiger partial charge in [0.1, 0.15) is 6.04 Å². The molecule has 1 N–H and O–H groups in total. The normalized spacial score (nSPS) is 15.9. The van der Waals surface area contributed by atoms with Crippen LogP contribution in [0.5, 0.6) is 0 Å². The van der Waals surface area contributed by atoms with Crippen LogP contribution in [0.25, 0.3) is 6.08 Å². The predicted molar refractivity (Wildman–Crippen MR) is 92.4 cm³/mol. The Morgan fingerprint density at radius 2 is 2.04 bits per heavy atom. The molecule has 1 aliphatic rings. The van der Waals surface area contributed by atoms with E-state index in [2.05, 4.69) is 29.0 Å². The molecular weight excluding hydrogens is 476 g/mol. The molecule has 0 spiro atoms. The van der Waals surface area contributed by atoms with Crippen LogP contribution in [0.2, 0.25) is 0 Å². The van der Waals surface area contributed by atoms with E-state index in [1.807, 2.05) is 39.8 Å². The van der Waals surface area contributed by atoms with Crippen molar-refractivity contribution in [2.45, 2.75) is 59.9 Å². The first-order valence-electron chi connectivity index (χ1n) is 7.91. The van der Waals surface area contributed by atoms with Crippen molar-refractivity contribution in [2.24, 2.45) is 0 Å². The Kier molecular flexibility index (Phi) is 14.0. The molecular formula is C18H26N3O2Re-. The van der Waals surface area contributed by atoms with Gasteiger partial charge in [-0.05, 0) is 20.3 Å². The van der Waals surface area contributed by atoms with Crippen LogP contribution >= 0.6 is 0 Å². The second-order valence-corrected chi connectivity index (χ2v) is 4.53. The summed E-state index contributed by atoms with van der Waals surface area (Å²) < 4.78 is 1.67. The first-order chi connectivity index (χ1) is 11.1. The minimum atomic E-state index is -0.412. The third-order valence-corrected chi connectivity index (χ3v) is 3.03. The van der Waals surface area contributed by atoms with Crippen LogP contribution in [0.15, 0.2) is 6.08 Å². The summed E-state index contributed by atoms with van der Waals surface area (Å²) in [6, 6.07) is -0.412. The number of aromatic nitrogens is 2. The largest absolute Gasteiger partial charge is 0.349 e. The number of rotatable bonds is 3. The smallest absolute Gasteiger partial charge is 0.249 e. The van der Waals surface area contributed by atoms with E-state index < -0.39 is 6.04 Å². The van der Waals surface area contributed by atoms with Gasteiger partial charge >= 0.3 is 0 Å². The molecule has 1 aromatic heterocycles. The molecule has 2 heterocycles. The molecule has 0 aromatic carbocycles. The number of aryl methyl sites for hydroxylation is 1. The van der Waals surface area contributed by atoms with Crippen LogP contribution < -0.4 is 5.32 Å². The van der Waals surface area contributed by atoms with Crippen LogP contribution in [-0.2, 0) is 36.4 Å². The fourth-order valence-corrected chi connectivity index (χ4v) is 2.11. The van der Waals surface area contributed by atoms with Crippen LogP contribution in [-0.4, -0.2) is 21.6 Å². The topological polar surface area (TPSA) is 64.0 Å². The van der Waals surface area contributed by atoms with Crippen molar-refractivity contribution < 1.29 is 30.0 Å². The van der Waals surface area contributed by atoms with Crippen LogP contribution in [0.1, 0.15) is 64.8 Å². The molecule has 6 heteroatoms. The van der Waals surface area contributed by atoms with Gasteiger partial charge in [0.25, 0.3) is 0 Å².